The Bertz CT molecular complexity index is 913. The monoisotopic (exact) mass is 494 g/mol. The zero-order valence-electron chi connectivity index (χ0n) is 15.8. The molecule has 3 nitrogen and oxygen atoms in total. The number of hydrogen-bond acceptors (Lipinski definition) is 1. The summed E-state index contributed by atoms with van der Waals surface area (Å²) in [6, 6.07) is 10.7. The minimum atomic E-state index is 0. The summed E-state index contributed by atoms with van der Waals surface area (Å²) in [7, 11) is 2.13. The van der Waals surface area contributed by atoms with E-state index >= 15 is 0 Å². The van der Waals surface area contributed by atoms with Crippen molar-refractivity contribution in [3.8, 4) is 0 Å². The van der Waals surface area contributed by atoms with Gasteiger partial charge in [0, 0.05) is 36.7 Å². The van der Waals surface area contributed by atoms with Gasteiger partial charge in [0.2, 0.25) is 11.6 Å². The van der Waals surface area contributed by atoms with Crippen molar-refractivity contribution in [3.63, 3.8) is 0 Å². The van der Waals surface area contributed by atoms with E-state index in [9.17, 15) is 4.79 Å². The van der Waals surface area contributed by atoms with Gasteiger partial charge < -0.3 is 28.9 Å². The summed E-state index contributed by atoms with van der Waals surface area (Å²) in [6.45, 7) is 3.28. The number of fused-ring (bicyclic) bond motifs is 2. The van der Waals surface area contributed by atoms with Gasteiger partial charge in [0.15, 0.2) is 6.20 Å². The lowest BCUT2D eigenvalue weighted by atomic mass is 9.88. The molecule has 1 aromatic heterocycles. The highest BCUT2D eigenvalue weighted by Gasteiger charge is 2.29. The van der Waals surface area contributed by atoms with Gasteiger partial charge in [-0.1, -0.05) is 23.2 Å². The Kier molecular flexibility index (Phi) is 6.26. The second-order valence-electron chi connectivity index (χ2n) is 7.28. The molecule has 4 rings (SSSR count). The van der Waals surface area contributed by atoms with Crippen molar-refractivity contribution >= 4 is 23.1 Å². The highest BCUT2D eigenvalue weighted by molar-refractivity contribution is 6.30. The Morgan fingerprint density at radius 3 is 2.48 bits per heavy atom. The van der Waals surface area contributed by atoms with Gasteiger partial charge in [0.25, 0.3) is 0 Å². The van der Waals surface area contributed by atoms with E-state index in [4.69, 9.17) is 11.6 Å². The molecule has 142 valence electrons. The predicted molar refractivity (Wildman–Crippen MR) is 104 cm³/mol. The number of hydrogen-bond donors (Lipinski definition) is 0. The highest BCUT2D eigenvalue weighted by atomic mass is 127. The van der Waals surface area contributed by atoms with E-state index in [-0.39, 0.29) is 29.9 Å². The molecule has 0 saturated carbocycles. The van der Waals surface area contributed by atoms with Gasteiger partial charge in [-0.05, 0) is 55.0 Å². The van der Waals surface area contributed by atoms with E-state index < -0.39 is 0 Å². The molecule has 2 heterocycles. The minimum Gasteiger partial charge on any atom is -1.00 e. The zero-order valence-corrected chi connectivity index (χ0v) is 18.7. The van der Waals surface area contributed by atoms with Gasteiger partial charge in [-0.15, -0.1) is 0 Å². The second kappa shape index (κ2) is 8.31. The van der Waals surface area contributed by atoms with Crippen molar-refractivity contribution in [2.45, 2.75) is 32.6 Å². The number of rotatable bonds is 0. The van der Waals surface area contributed by atoms with Gasteiger partial charge in [0.1, 0.15) is 7.05 Å². The summed E-state index contributed by atoms with van der Waals surface area (Å²) in [5.41, 5.74) is 8.15. The molecule has 0 radical (unpaired) electrons. The van der Waals surface area contributed by atoms with E-state index in [1.807, 2.05) is 11.0 Å². The number of halogens is 2. The maximum Gasteiger partial charge on any atom is 0.219 e. The average Bonchev–Trinajstić information content (AvgIpc) is 2.79. The van der Waals surface area contributed by atoms with Crippen LogP contribution in [0.2, 0.25) is 5.02 Å². The van der Waals surface area contributed by atoms with Crippen LogP contribution in [-0.4, -0.2) is 23.9 Å². The molecule has 1 aliphatic heterocycles. The molecule has 0 bridgehead atoms. The molecule has 5 heteroatoms. The van der Waals surface area contributed by atoms with Gasteiger partial charge in [-0.3, -0.25) is 4.79 Å². The zero-order chi connectivity index (χ0) is 18.3. The molecule has 2 aliphatic rings. The standard InChI is InChI=1S/C22H24ClN2O.HI/c1-15(26)25-12-9-16(10-13-25)21-20-8-7-19(23)14-18(20)6-5-17-4-3-11-24(2)22(17)21;/h3-4,7-8,11,14H,5-6,9-10,12-13H2,1-2H3;1H/q+1;/p-1. The van der Waals surface area contributed by atoms with Crippen LogP contribution in [-0.2, 0) is 24.7 Å². The molecule has 1 fully saturated rings. The molecule has 0 spiro atoms. The smallest absolute Gasteiger partial charge is 0.219 e. The first-order valence-corrected chi connectivity index (χ1v) is 9.66. The Morgan fingerprint density at radius 2 is 1.78 bits per heavy atom. The van der Waals surface area contributed by atoms with Crippen LogP contribution in [0.25, 0.3) is 5.57 Å². The number of likely N-dealkylation sites (tertiary alicyclic amines) is 1. The molecule has 1 aliphatic carbocycles. The fourth-order valence-corrected chi connectivity index (χ4v) is 4.51. The summed E-state index contributed by atoms with van der Waals surface area (Å²) in [6.07, 6.45) is 6.03. The van der Waals surface area contributed by atoms with Crippen molar-refractivity contribution in [1.29, 1.82) is 0 Å². The Morgan fingerprint density at radius 1 is 1.07 bits per heavy atom. The van der Waals surface area contributed by atoms with E-state index in [1.54, 1.807) is 6.92 Å². The third-order valence-corrected chi connectivity index (χ3v) is 5.90. The fraction of sp³-hybridized carbons (Fsp3) is 0.364. The van der Waals surface area contributed by atoms with Crippen molar-refractivity contribution in [2.75, 3.05) is 13.1 Å². The fourth-order valence-electron chi connectivity index (χ4n) is 4.32. The summed E-state index contributed by atoms with van der Waals surface area (Å²) in [4.78, 5) is 13.7. The number of nitrogens with zero attached hydrogens (tertiary/aromatic N) is 2. The van der Waals surface area contributed by atoms with E-state index in [0.717, 1.165) is 43.8 Å². The molecule has 27 heavy (non-hydrogen) atoms. The normalized spacial score (nSPS) is 16.2. The summed E-state index contributed by atoms with van der Waals surface area (Å²) >= 11 is 6.29. The number of pyridine rings is 1. The third-order valence-electron chi connectivity index (χ3n) is 5.67. The van der Waals surface area contributed by atoms with Crippen LogP contribution in [0.3, 0.4) is 0 Å². The number of aromatic nitrogens is 1. The largest absolute Gasteiger partial charge is 1.00 e. The highest BCUT2D eigenvalue weighted by Crippen LogP contribution is 2.37. The lowest BCUT2D eigenvalue weighted by Crippen LogP contribution is -3.00. The van der Waals surface area contributed by atoms with E-state index in [2.05, 4.69) is 42.1 Å². The average molecular weight is 495 g/mol. The number of amides is 1. The first-order chi connectivity index (χ1) is 12.5. The lowest BCUT2D eigenvalue weighted by Gasteiger charge is -2.29. The van der Waals surface area contributed by atoms with Crippen molar-refractivity contribution in [1.82, 2.24) is 4.90 Å². The number of carbonyl (C=O) groups is 1. The van der Waals surface area contributed by atoms with E-state index in [1.165, 1.54) is 33.5 Å². The van der Waals surface area contributed by atoms with Crippen molar-refractivity contribution in [2.24, 2.45) is 7.05 Å². The molecule has 2 aromatic rings. The van der Waals surface area contributed by atoms with Crippen molar-refractivity contribution < 1.29 is 33.3 Å². The molecule has 1 aromatic carbocycles. The van der Waals surface area contributed by atoms with Gasteiger partial charge >= 0.3 is 0 Å². The molecule has 0 atom stereocenters. The van der Waals surface area contributed by atoms with Crippen LogP contribution >= 0.6 is 11.6 Å². The number of carbonyl (C=O) groups excluding carboxylic acids is 1. The predicted octanol–water partition coefficient (Wildman–Crippen LogP) is 0.711. The summed E-state index contributed by atoms with van der Waals surface area (Å²) < 4.78 is 2.25. The number of aryl methyl sites for hydroxylation is 3. The van der Waals surface area contributed by atoms with Crippen LogP contribution in [0.1, 0.15) is 42.1 Å². The van der Waals surface area contributed by atoms with Crippen LogP contribution < -0.4 is 28.5 Å². The number of piperidine rings is 1. The number of benzene rings is 1. The van der Waals surface area contributed by atoms with Crippen LogP contribution in [0.5, 0.6) is 0 Å². The SMILES string of the molecule is CC(=O)N1CCC(=C2c3ccc(Cl)cc3CCc3ccc[n+](C)c32)CC1.[I-]. The Hall–Kier alpha value is -1.40. The molecule has 1 saturated heterocycles. The Balaban J connectivity index is 0.00000210. The van der Waals surface area contributed by atoms with Crippen LogP contribution in [0, 0.1) is 0 Å². The molecule has 0 unspecified atom stereocenters. The van der Waals surface area contributed by atoms with Gasteiger partial charge in [0.05, 0.1) is 5.57 Å². The van der Waals surface area contributed by atoms with E-state index in [0.29, 0.717) is 0 Å². The second-order valence-corrected chi connectivity index (χ2v) is 7.72. The topological polar surface area (TPSA) is 24.2 Å². The van der Waals surface area contributed by atoms with Crippen LogP contribution in [0.4, 0.5) is 0 Å². The first kappa shape index (κ1) is 20.3. The maximum atomic E-state index is 11.7. The summed E-state index contributed by atoms with van der Waals surface area (Å²) in [5, 5.41) is 0.801. The van der Waals surface area contributed by atoms with Gasteiger partial charge in [-0.2, -0.15) is 0 Å². The molecular weight excluding hydrogens is 471 g/mol. The van der Waals surface area contributed by atoms with Gasteiger partial charge in [-0.25, -0.2) is 4.57 Å². The quantitative estimate of drug-likeness (QED) is 0.391. The maximum absolute atomic E-state index is 11.7. The molecular formula is C22H24ClIN2O. The Labute approximate surface area is 183 Å². The lowest BCUT2D eigenvalue weighted by molar-refractivity contribution is -0.674. The minimum absolute atomic E-state index is 0. The first-order valence-electron chi connectivity index (χ1n) is 9.29. The molecule has 1 amide bonds. The third kappa shape index (κ3) is 3.92. The molecule has 0 N–H and O–H groups in total. The van der Waals surface area contributed by atoms with Crippen molar-refractivity contribution in [3.05, 3.63) is 69.5 Å². The van der Waals surface area contributed by atoms with Crippen LogP contribution in [0.15, 0.2) is 42.1 Å². The summed E-state index contributed by atoms with van der Waals surface area (Å²) in [5.74, 6) is 0.174.